The van der Waals surface area contributed by atoms with Crippen LogP contribution in [0.4, 0.5) is 0 Å². The second-order valence-electron chi connectivity index (χ2n) is 5.86. The quantitative estimate of drug-likeness (QED) is 0.458. The second kappa shape index (κ2) is 11.2. The molecule has 1 aromatic carbocycles. The molecule has 116 valence electrons. The summed E-state index contributed by atoms with van der Waals surface area (Å²) in [7, 11) is 0. The molecule has 0 atom stereocenters. The van der Waals surface area contributed by atoms with E-state index in [2.05, 4.69) is 51.1 Å². The van der Waals surface area contributed by atoms with Crippen molar-refractivity contribution in [1.82, 2.24) is 0 Å². The van der Waals surface area contributed by atoms with Gasteiger partial charge in [-0.3, -0.25) is 0 Å². The molecule has 0 aliphatic carbocycles. The Labute approximate surface area is 132 Å². The highest BCUT2D eigenvalue weighted by Crippen LogP contribution is 2.18. The molecule has 0 saturated carbocycles. The van der Waals surface area contributed by atoms with Crippen molar-refractivity contribution < 1.29 is 16.9 Å². The predicted molar refractivity (Wildman–Crippen MR) is 85.1 cm³/mol. The van der Waals surface area contributed by atoms with Crippen LogP contribution in [0.5, 0.6) is 0 Å². The standard InChI is InChI=1S/C18H32N.ClH/c1-4-7-11-16-19(14-5-2,15-6-3)17-18-12-9-8-10-13-18;/h8-10,12-13H,4-7,11,14-17H2,1-3H3;1H/q+1;/p-1. The fraction of sp³-hybridized carbons (Fsp3) is 0.667. The van der Waals surface area contributed by atoms with E-state index < -0.39 is 0 Å². The van der Waals surface area contributed by atoms with Crippen molar-refractivity contribution in [2.45, 2.75) is 59.4 Å². The van der Waals surface area contributed by atoms with Crippen molar-refractivity contribution in [3.63, 3.8) is 0 Å². The van der Waals surface area contributed by atoms with Crippen LogP contribution < -0.4 is 12.4 Å². The molecule has 1 aromatic rings. The number of rotatable bonds is 10. The summed E-state index contributed by atoms with van der Waals surface area (Å²) in [6.45, 7) is 12.2. The monoisotopic (exact) mass is 297 g/mol. The summed E-state index contributed by atoms with van der Waals surface area (Å²) in [4.78, 5) is 0. The van der Waals surface area contributed by atoms with E-state index in [1.54, 1.807) is 0 Å². The molecular weight excluding hydrogens is 266 g/mol. The average Bonchev–Trinajstić information content (AvgIpc) is 2.41. The summed E-state index contributed by atoms with van der Waals surface area (Å²) >= 11 is 0. The van der Waals surface area contributed by atoms with Gasteiger partial charge in [0.25, 0.3) is 0 Å². The van der Waals surface area contributed by atoms with Crippen molar-refractivity contribution in [2.24, 2.45) is 0 Å². The van der Waals surface area contributed by atoms with Crippen LogP contribution in [-0.4, -0.2) is 24.1 Å². The first-order valence-electron chi connectivity index (χ1n) is 8.15. The molecule has 0 spiro atoms. The lowest BCUT2D eigenvalue weighted by molar-refractivity contribution is -0.941. The Balaban J connectivity index is 0.00000361. The number of quaternary nitrogens is 1. The van der Waals surface area contributed by atoms with Crippen molar-refractivity contribution >= 4 is 0 Å². The third-order valence-electron chi connectivity index (χ3n) is 3.99. The topological polar surface area (TPSA) is 0 Å². The molecule has 2 heteroatoms. The van der Waals surface area contributed by atoms with Gasteiger partial charge in [-0.05, 0) is 25.7 Å². The first-order valence-corrected chi connectivity index (χ1v) is 8.15. The lowest BCUT2D eigenvalue weighted by Gasteiger charge is -2.39. The van der Waals surface area contributed by atoms with Gasteiger partial charge in [-0.25, -0.2) is 0 Å². The summed E-state index contributed by atoms with van der Waals surface area (Å²) in [5.41, 5.74) is 1.50. The highest BCUT2D eigenvalue weighted by molar-refractivity contribution is 5.13. The number of nitrogens with zero attached hydrogens (tertiary/aromatic N) is 1. The third-order valence-corrected chi connectivity index (χ3v) is 3.99. The average molecular weight is 298 g/mol. The Bertz CT molecular complexity index is 317. The Kier molecular flexibility index (Phi) is 10.9. The molecule has 0 aliphatic rings. The maximum atomic E-state index is 2.33. The van der Waals surface area contributed by atoms with Gasteiger partial charge in [0, 0.05) is 5.56 Å². The molecule has 0 unspecified atom stereocenters. The fourth-order valence-electron chi connectivity index (χ4n) is 3.19. The van der Waals surface area contributed by atoms with Crippen LogP contribution in [0, 0.1) is 0 Å². The van der Waals surface area contributed by atoms with Crippen LogP contribution in [0.1, 0.15) is 58.4 Å². The van der Waals surface area contributed by atoms with E-state index in [9.17, 15) is 0 Å². The van der Waals surface area contributed by atoms with Gasteiger partial charge in [0.05, 0.1) is 19.6 Å². The molecule has 1 rings (SSSR count). The molecule has 0 heterocycles. The molecule has 0 fully saturated rings. The van der Waals surface area contributed by atoms with Crippen molar-refractivity contribution in [3.8, 4) is 0 Å². The predicted octanol–water partition coefficient (Wildman–Crippen LogP) is 2.02. The summed E-state index contributed by atoms with van der Waals surface area (Å²) in [6.07, 6.45) is 6.66. The zero-order chi connectivity index (χ0) is 14.0. The van der Waals surface area contributed by atoms with E-state index >= 15 is 0 Å². The number of halogens is 1. The van der Waals surface area contributed by atoms with Gasteiger partial charge in [-0.1, -0.05) is 57.5 Å². The molecule has 0 aromatic heterocycles. The first-order chi connectivity index (χ1) is 9.26. The van der Waals surface area contributed by atoms with E-state index in [1.165, 1.54) is 68.3 Å². The second-order valence-corrected chi connectivity index (χ2v) is 5.86. The molecule has 0 amide bonds. The lowest BCUT2D eigenvalue weighted by Crippen LogP contribution is -3.00. The molecule has 20 heavy (non-hydrogen) atoms. The largest absolute Gasteiger partial charge is 1.00 e. The van der Waals surface area contributed by atoms with Crippen LogP contribution >= 0.6 is 0 Å². The molecule has 0 saturated heterocycles. The van der Waals surface area contributed by atoms with Crippen molar-refractivity contribution in [1.29, 1.82) is 0 Å². The van der Waals surface area contributed by atoms with Crippen molar-refractivity contribution in [2.75, 3.05) is 19.6 Å². The van der Waals surface area contributed by atoms with Crippen LogP contribution in [0.25, 0.3) is 0 Å². The minimum atomic E-state index is 0. The normalized spacial score (nSPS) is 11.2. The molecule has 1 nitrogen and oxygen atoms in total. The van der Waals surface area contributed by atoms with Gasteiger partial charge >= 0.3 is 0 Å². The zero-order valence-electron chi connectivity index (χ0n) is 13.6. The maximum Gasteiger partial charge on any atom is 0.104 e. The van der Waals surface area contributed by atoms with E-state index in [0.717, 1.165) is 0 Å². The fourth-order valence-corrected chi connectivity index (χ4v) is 3.19. The molecule has 0 bridgehead atoms. The molecule has 0 N–H and O–H groups in total. The highest BCUT2D eigenvalue weighted by Gasteiger charge is 2.25. The van der Waals surface area contributed by atoms with Crippen LogP contribution in [0.3, 0.4) is 0 Å². The Hall–Kier alpha value is -0.530. The Morgan fingerprint density at radius 2 is 1.35 bits per heavy atom. The minimum Gasteiger partial charge on any atom is -1.00 e. The van der Waals surface area contributed by atoms with Gasteiger partial charge in [-0.2, -0.15) is 0 Å². The summed E-state index contributed by atoms with van der Waals surface area (Å²) in [5, 5.41) is 0. The Morgan fingerprint density at radius 1 is 0.750 bits per heavy atom. The van der Waals surface area contributed by atoms with Gasteiger partial charge in [0.15, 0.2) is 0 Å². The van der Waals surface area contributed by atoms with Crippen LogP contribution in [0.15, 0.2) is 30.3 Å². The number of unbranched alkanes of at least 4 members (excludes halogenated alkanes) is 2. The summed E-state index contributed by atoms with van der Waals surface area (Å²) < 4.78 is 1.29. The van der Waals surface area contributed by atoms with Gasteiger partial charge in [0.1, 0.15) is 6.54 Å². The summed E-state index contributed by atoms with van der Waals surface area (Å²) in [6, 6.07) is 11.0. The number of hydrogen-bond donors (Lipinski definition) is 0. The van der Waals surface area contributed by atoms with E-state index in [4.69, 9.17) is 0 Å². The smallest absolute Gasteiger partial charge is 0.104 e. The van der Waals surface area contributed by atoms with Crippen LogP contribution in [0.2, 0.25) is 0 Å². The van der Waals surface area contributed by atoms with Crippen molar-refractivity contribution in [3.05, 3.63) is 35.9 Å². The molecular formula is C18H32ClN. The number of hydrogen-bond acceptors (Lipinski definition) is 0. The molecule has 0 radical (unpaired) electrons. The Morgan fingerprint density at radius 3 is 1.85 bits per heavy atom. The van der Waals surface area contributed by atoms with E-state index in [0.29, 0.717) is 0 Å². The SMILES string of the molecule is CCCCC[N+](CCC)(CCC)Cc1ccccc1.[Cl-]. The maximum absolute atomic E-state index is 2.33. The van der Waals surface area contributed by atoms with Crippen LogP contribution in [-0.2, 0) is 6.54 Å². The zero-order valence-corrected chi connectivity index (χ0v) is 14.3. The van der Waals surface area contributed by atoms with Gasteiger partial charge < -0.3 is 16.9 Å². The van der Waals surface area contributed by atoms with E-state index in [1.807, 2.05) is 0 Å². The van der Waals surface area contributed by atoms with Gasteiger partial charge in [-0.15, -0.1) is 0 Å². The highest BCUT2D eigenvalue weighted by atomic mass is 35.5. The third kappa shape index (κ3) is 6.76. The minimum absolute atomic E-state index is 0. The van der Waals surface area contributed by atoms with Gasteiger partial charge in [0.2, 0.25) is 0 Å². The number of benzene rings is 1. The lowest BCUT2D eigenvalue weighted by atomic mass is 10.1. The summed E-state index contributed by atoms with van der Waals surface area (Å²) in [5.74, 6) is 0. The molecule has 0 aliphatic heterocycles. The first kappa shape index (κ1) is 19.5. The van der Waals surface area contributed by atoms with E-state index in [-0.39, 0.29) is 12.4 Å².